The van der Waals surface area contributed by atoms with E-state index in [0.717, 1.165) is 18.2 Å². The molecule has 1 saturated heterocycles. The molecule has 0 saturated carbocycles. The molecule has 3 aromatic rings. The molecule has 2 N–H and O–H groups in total. The number of rotatable bonds is 6. The van der Waals surface area contributed by atoms with Crippen LogP contribution >= 0.6 is 0 Å². The number of anilines is 1. The van der Waals surface area contributed by atoms with E-state index in [2.05, 4.69) is 20.6 Å². The average molecular weight is 501 g/mol. The minimum Gasteiger partial charge on any atom is -0.348 e. The fraction of sp³-hybridized carbons (Fsp3) is 0.280. The molecule has 1 aliphatic rings. The van der Waals surface area contributed by atoms with Gasteiger partial charge in [-0.05, 0) is 48.7 Å². The van der Waals surface area contributed by atoms with Crippen LogP contribution in [0.4, 0.5) is 23.4 Å². The number of nitrogens with one attached hydrogen (secondary N) is 2. The Morgan fingerprint density at radius 3 is 2.31 bits per heavy atom. The molecule has 1 fully saturated rings. The van der Waals surface area contributed by atoms with E-state index in [4.69, 9.17) is 0 Å². The molecule has 2 heterocycles. The predicted molar refractivity (Wildman–Crippen MR) is 124 cm³/mol. The van der Waals surface area contributed by atoms with E-state index in [1.165, 1.54) is 36.7 Å². The molecule has 0 atom stereocenters. The van der Waals surface area contributed by atoms with Gasteiger partial charge in [0, 0.05) is 43.6 Å². The van der Waals surface area contributed by atoms with Gasteiger partial charge in [-0.1, -0.05) is 18.2 Å². The summed E-state index contributed by atoms with van der Waals surface area (Å²) in [4.78, 5) is 35.3. The minimum atomic E-state index is -4.41. The highest BCUT2D eigenvalue weighted by Crippen LogP contribution is 2.32. The lowest BCUT2D eigenvalue weighted by Crippen LogP contribution is -2.44. The third kappa shape index (κ3) is 6.22. The van der Waals surface area contributed by atoms with E-state index in [1.807, 2.05) is 4.90 Å². The van der Waals surface area contributed by atoms with Crippen molar-refractivity contribution in [3.05, 3.63) is 89.1 Å². The zero-order valence-corrected chi connectivity index (χ0v) is 19.1. The Labute approximate surface area is 204 Å². The van der Waals surface area contributed by atoms with Gasteiger partial charge in [-0.2, -0.15) is 13.2 Å². The fourth-order valence-corrected chi connectivity index (χ4v) is 4.04. The summed E-state index contributed by atoms with van der Waals surface area (Å²) < 4.78 is 52.9. The normalized spacial score (nSPS) is 14.9. The van der Waals surface area contributed by atoms with E-state index in [9.17, 15) is 27.2 Å². The smallest absolute Gasteiger partial charge is 0.348 e. The molecular formula is C25H23F4N5O2. The zero-order chi connectivity index (χ0) is 25.7. The lowest BCUT2D eigenvalue weighted by atomic mass is 10.0. The molecule has 2 aromatic carbocycles. The maximum absolute atomic E-state index is 13.3. The topological polar surface area (TPSA) is 87.2 Å². The number of carbonyl (C=O) groups excluding carboxylic acids is 2. The summed E-state index contributed by atoms with van der Waals surface area (Å²) >= 11 is 0. The zero-order valence-electron chi connectivity index (χ0n) is 19.1. The monoisotopic (exact) mass is 501 g/mol. The third-order valence-corrected chi connectivity index (χ3v) is 5.89. The second-order valence-corrected chi connectivity index (χ2v) is 8.39. The summed E-state index contributed by atoms with van der Waals surface area (Å²) in [6, 6.07) is 10.2. The van der Waals surface area contributed by atoms with Crippen molar-refractivity contribution in [3.63, 3.8) is 0 Å². The van der Waals surface area contributed by atoms with Crippen LogP contribution < -0.4 is 10.6 Å². The van der Waals surface area contributed by atoms with E-state index in [0.29, 0.717) is 25.9 Å². The van der Waals surface area contributed by atoms with Crippen molar-refractivity contribution >= 4 is 17.6 Å². The Balaban J connectivity index is 1.35. The molecule has 36 heavy (non-hydrogen) atoms. The molecule has 1 aliphatic heterocycles. The van der Waals surface area contributed by atoms with Crippen LogP contribution in [0.3, 0.4) is 0 Å². The van der Waals surface area contributed by atoms with Gasteiger partial charge in [-0.3, -0.25) is 14.5 Å². The van der Waals surface area contributed by atoms with Gasteiger partial charge < -0.3 is 10.6 Å². The Hall–Kier alpha value is -3.86. The van der Waals surface area contributed by atoms with Crippen LogP contribution in [0.1, 0.15) is 44.8 Å². The number of alkyl halides is 3. The van der Waals surface area contributed by atoms with Crippen LogP contribution in [-0.4, -0.2) is 45.8 Å². The molecule has 4 rings (SSSR count). The SMILES string of the molecule is O=C(Nc1nccnc1C(=O)NC1CCN(Cc2ccccc2C(F)(F)F)CC1)c1ccc(F)cc1. The van der Waals surface area contributed by atoms with Crippen LogP contribution in [0.5, 0.6) is 0 Å². The van der Waals surface area contributed by atoms with Crippen LogP contribution in [0.25, 0.3) is 0 Å². The maximum atomic E-state index is 13.3. The molecule has 2 amide bonds. The van der Waals surface area contributed by atoms with E-state index < -0.39 is 29.4 Å². The molecular weight excluding hydrogens is 478 g/mol. The summed E-state index contributed by atoms with van der Waals surface area (Å²) in [6.07, 6.45) is -0.685. The lowest BCUT2D eigenvalue weighted by Gasteiger charge is -2.32. The second kappa shape index (κ2) is 10.8. The van der Waals surface area contributed by atoms with Crippen molar-refractivity contribution < 1.29 is 27.2 Å². The first-order chi connectivity index (χ1) is 17.2. The predicted octanol–water partition coefficient (Wildman–Crippen LogP) is 4.28. The summed E-state index contributed by atoms with van der Waals surface area (Å²) in [7, 11) is 0. The average Bonchev–Trinajstić information content (AvgIpc) is 2.85. The first-order valence-electron chi connectivity index (χ1n) is 11.3. The molecule has 0 radical (unpaired) electrons. The van der Waals surface area contributed by atoms with Crippen LogP contribution in [0.2, 0.25) is 0 Å². The number of halogens is 4. The molecule has 11 heteroatoms. The largest absolute Gasteiger partial charge is 0.416 e. The fourth-order valence-electron chi connectivity index (χ4n) is 4.04. The number of likely N-dealkylation sites (tertiary alicyclic amines) is 1. The molecule has 0 unspecified atom stereocenters. The first kappa shape index (κ1) is 25.2. The van der Waals surface area contributed by atoms with Crippen molar-refractivity contribution in [2.75, 3.05) is 18.4 Å². The number of carbonyl (C=O) groups is 2. The van der Waals surface area contributed by atoms with E-state index in [-0.39, 0.29) is 35.2 Å². The van der Waals surface area contributed by atoms with E-state index in [1.54, 1.807) is 6.07 Å². The number of benzene rings is 2. The van der Waals surface area contributed by atoms with Gasteiger partial charge in [0.2, 0.25) is 0 Å². The highest BCUT2D eigenvalue weighted by molar-refractivity contribution is 6.07. The van der Waals surface area contributed by atoms with Crippen molar-refractivity contribution in [2.24, 2.45) is 0 Å². The molecule has 7 nitrogen and oxygen atoms in total. The van der Waals surface area contributed by atoms with Gasteiger partial charge >= 0.3 is 6.18 Å². The molecule has 188 valence electrons. The molecule has 1 aromatic heterocycles. The molecule has 0 spiro atoms. The molecule has 0 aliphatic carbocycles. The van der Waals surface area contributed by atoms with Crippen molar-refractivity contribution in [3.8, 4) is 0 Å². The van der Waals surface area contributed by atoms with Crippen molar-refractivity contribution in [1.29, 1.82) is 0 Å². The van der Waals surface area contributed by atoms with Gasteiger partial charge in [0.05, 0.1) is 5.56 Å². The van der Waals surface area contributed by atoms with Gasteiger partial charge in [-0.25, -0.2) is 14.4 Å². The quantitative estimate of drug-likeness (QED) is 0.493. The van der Waals surface area contributed by atoms with Gasteiger partial charge in [0.25, 0.3) is 11.8 Å². The molecule has 0 bridgehead atoms. The van der Waals surface area contributed by atoms with Crippen LogP contribution in [-0.2, 0) is 12.7 Å². The van der Waals surface area contributed by atoms with Crippen LogP contribution in [0, 0.1) is 5.82 Å². The maximum Gasteiger partial charge on any atom is 0.416 e. The number of aromatic nitrogens is 2. The van der Waals surface area contributed by atoms with Gasteiger partial charge in [-0.15, -0.1) is 0 Å². The summed E-state index contributed by atoms with van der Waals surface area (Å²) in [5, 5.41) is 5.39. The van der Waals surface area contributed by atoms with Crippen molar-refractivity contribution in [1.82, 2.24) is 20.2 Å². The number of hydrogen-bond donors (Lipinski definition) is 2. The number of hydrogen-bond acceptors (Lipinski definition) is 5. The second-order valence-electron chi connectivity index (χ2n) is 8.39. The standard InChI is InChI=1S/C25H23F4N5O2/c26-18-7-5-16(6-8-18)23(35)33-22-21(30-11-12-31-22)24(36)32-19-9-13-34(14-10-19)15-17-3-1-2-4-20(17)25(27,28)29/h1-8,11-12,19H,9-10,13-15H2,(H,32,36)(H,31,33,35). The Morgan fingerprint density at radius 2 is 1.61 bits per heavy atom. The van der Waals surface area contributed by atoms with Crippen LogP contribution in [0.15, 0.2) is 60.9 Å². The minimum absolute atomic E-state index is 0.0366. The first-order valence-corrected chi connectivity index (χ1v) is 11.3. The van der Waals surface area contributed by atoms with E-state index >= 15 is 0 Å². The Bertz CT molecular complexity index is 1230. The number of piperidine rings is 1. The third-order valence-electron chi connectivity index (χ3n) is 5.89. The Kier molecular flexibility index (Phi) is 7.58. The summed E-state index contributed by atoms with van der Waals surface area (Å²) in [6.45, 7) is 1.18. The highest BCUT2D eigenvalue weighted by Gasteiger charge is 2.33. The van der Waals surface area contributed by atoms with Crippen molar-refractivity contribution in [2.45, 2.75) is 31.6 Å². The summed E-state index contributed by atoms with van der Waals surface area (Å²) in [5.74, 6) is -1.62. The number of nitrogens with zero attached hydrogens (tertiary/aromatic N) is 3. The highest BCUT2D eigenvalue weighted by atomic mass is 19.4. The van der Waals surface area contributed by atoms with Gasteiger partial charge in [0.15, 0.2) is 11.5 Å². The van der Waals surface area contributed by atoms with Gasteiger partial charge in [0.1, 0.15) is 5.82 Å². The lowest BCUT2D eigenvalue weighted by molar-refractivity contribution is -0.138. The number of amides is 2. The Morgan fingerprint density at radius 1 is 0.944 bits per heavy atom. The summed E-state index contributed by atoms with van der Waals surface area (Å²) in [5.41, 5.74) is -0.311.